The molecule has 0 aliphatic heterocycles. The number of carbonyl (C=O) groups is 1. The first-order valence-electron chi connectivity index (χ1n) is 8.52. The lowest BCUT2D eigenvalue weighted by atomic mass is 10.0. The van der Waals surface area contributed by atoms with Crippen molar-refractivity contribution in [2.75, 3.05) is 12.4 Å². The second-order valence-electron chi connectivity index (χ2n) is 5.97. The number of nitrogens with one attached hydrogen (secondary N) is 1. The molecule has 0 atom stereocenters. The lowest BCUT2D eigenvalue weighted by Crippen LogP contribution is -2.12. The molecular weight excluding hydrogens is 375 g/mol. The van der Waals surface area contributed by atoms with Crippen molar-refractivity contribution in [2.45, 2.75) is 6.92 Å². The number of ether oxygens (including phenoxy) is 1. The minimum absolute atomic E-state index is 0.0394. The van der Waals surface area contributed by atoms with Crippen molar-refractivity contribution in [3.8, 4) is 10.4 Å². The molecule has 0 saturated heterocycles. The van der Waals surface area contributed by atoms with E-state index in [9.17, 15) is 9.18 Å². The molecule has 28 heavy (non-hydrogen) atoms. The van der Waals surface area contributed by atoms with Gasteiger partial charge in [0.25, 0.3) is 5.91 Å². The van der Waals surface area contributed by atoms with Gasteiger partial charge in [0.1, 0.15) is 5.76 Å². The van der Waals surface area contributed by atoms with Crippen molar-refractivity contribution in [1.82, 2.24) is 4.98 Å². The number of hydrogen-bond donors (Lipinski definition) is 1. The summed E-state index contributed by atoms with van der Waals surface area (Å²) in [4.78, 5) is 16.9. The van der Waals surface area contributed by atoms with E-state index in [1.165, 1.54) is 23.6 Å². The molecule has 3 rings (SSSR count). The van der Waals surface area contributed by atoms with Crippen LogP contribution in [0.4, 0.5) is 9.39 Å². The fraction of sp³-hybridized carbons (Fsp3) is 0.0909. The number of methoxy groups -OCH3 is 1. The van der Waals surface area contributed by atoms with Gasteiger partial charge in [0.05, 0.1) is 23.9 Å². The monoisotopic (exact) mass is 394 g/mol. The maximum absolute atomic E-state index is 13.7. The number of hydrogen-bond acceptors (Lipinski definition) is 4. The van der Waals surface area contributed by atoms with Crippen LogP contribution >= 0.6 is 11.3 Å². The smallest absolute Gasteiger partial charge is 0.259 e. The van der Waals surface area contributed by atoms with Crippen LogP contribution in [0.5, 0.6) is 0 Å². The second kappa shape index (κ2) is 8.63. The Balaban J connectivity index is 1.88. The number of nitrogens with zero attached hydrogens (tertiary/aromatic N) is 1. The fourth-order valence-corrected chi connectivity index (χ4v) is 3.70. The van der Waals surface area contributed by atoms with Crippen LogP contribution < -0.4 is 5.32 Å². The van der Waals surface area contributed by atoms with Crippen molar-refractivity contribution >= 4 is 28.0 Å². The number of carbonyl (C=O) groups excluding carboxylic acids is 1. The zero-order valence-electron chi connectivity index (χ0n) is 15.5. The standard InChI is InChI=1S/C22H19FN2O2S/c1-4-5-19(27-3)15-7-6-14(2)17(12-15)20-8-9-21(28-20)25-22(26)16-10-11-24-13-18(16)23/h4-13H,1H2,2-3H3,(H,25,26)/b19-5-. The van der Waals surface area contributed by atoms with Crippen molar-refractivity contribution in [2.24, 2.45) is 0 Å². The summed E-state index contributed by atoms with van der Waals surface area (Å²) in [5.41, 5.74) is 3.02. The van der Waals surface area contributed by atoms with Crippen LogP contribution in [0.2, 0.25) is 0 Å². The Morgan fingerprint density at radius 3 is 2.82 bits per heavy atom. The Morgan fingerprint density at radius 1 is 1.29 bits per heavy atom. The van der Waals surface area contributed by atoms with Crippen molar-refractivity contribution in [1.29, 1.82) is 0 Å². The first-order valence-corrected chi connectivity index (χ1v) is 9.34. The fourth-order valence-electron chi connectivity index (χ4n) is 2.72. The molecule has 1 N–H and O–H groups in total. The van der Waals surface area contributed by atoms with E-state index in [-0.39, 0.29) is 5.56 Å². The van der Waals surface area contributed by atoms with Gasteiger partial charge in [-0.2, -0.15) is 0 Å². The largest absolute Gasteiger partial charge is 0.496 e. The Morgan fingerprint density at radius 2 is 2.11 bits per heavy atom. The van der Waals surface area contributed by atoms with Gasteiger partial charge in [-0.3, -0.25) is 9.78 Å². The summed E-state index contributed by atoms with van der Waals surface area (Å²) >= 11 is 1.42. The molecule has 1 amide bonds. The normalized spacial score (nSPS) is 11.2. The van der Waals surface area contributed by atoms with E-state index in [2.05, 4.69) is 16.9 Å². The molecule has 4 nitrogen and oxygen atoms in total. The summed E-state index contributed by atoms with van der Waals surface area (Å²) in [7, 11) is 1.62. The number of pyridine rings is 1. The van der Waals surface area contributed by atoms with Gasteiger partial charge in [0.2, 0.25) is 0 Å². The number of rotatable bonds is 6. The van der Waals surface area contributed by atoms with Crippen LogP contribution in [0.15, 0.2) is 67.5 Å². The quantitative estimate of drug-likeness (QED) is 0.432. The highest BCUT2D eigenvalue weighted by atomic mass is 32.1. The minimum Gasteiger partial charge on any atom is -0.496 e. The third-order valence-corrected chi connectivity index (χ3v) is 5.17. The molecule has 2 aromatic heterocycles. The van der Waals surface area contributed by atoms with Crippen molar-refractivity contribution < 1.29 is 13.9 Å². The van der Waals surface area contributed by atoms with Crippen LogP contribution in [0.1, 0.15) is 21.5 Å². The highest BCUT2D eigenvalue weighted by Crippen LogP contribution is 2.35. The third kappa shape index (κ3) is 4.18. The van der Waals surface area contributed by atoms with E-state index in [1.807, 2.05) is 31.2 Å². The van der Waals surface area contributed by atoms with Crippen LogP contribution in [-0.2, 0) is 4.74 Å². The first kappa shape index (κ1) is 19.5. The minimum atomic E-state index is -0.651. The van der Waals surface area contributed by atoms with E-state index < -0.39 is 11.7 Å². The average molecular weight is 394 g/mol. The Labute approximate surface area is 167 Å². The van der Waals surface area contributed by atoms with Gasteiger partial charge in [-0.25, -0.2) is 4.39 Å². The summed E-state index contributed by atoms with van der Waals surface area (Å²) in [6, 6.07) is 11.1. The molecule has 0 unspecified atom stereocenters. The van der Waals surface area contributed by atoms with Crippen molar-refractivity contribution in [3.63, 3.8) is 0 Å². The Hall–Kier alpha value is -3.25. The van der Waals surface area contributed by atoms with Crippen LogP contribution in [0.25, 0.3) is 16.2 Å². The number of anilines is 1. The topological polar surface area (TPSA) is 51.2 Å². The summed E-state index contributed by atoms with van der Waals surface area (Å²) in [5, 5.41) is 3.37. The molecule has 1 aromatic carbocycles. The third-order valence-electron chi connectivity index (χ3n) is 4.14. The van der Waals surface area contributed by atoms with Gasteiger partial charge >= 0.3 is 0 Å². The van der Waals surface area contributed by atoms with Gasteiger partial charge in [0, 0.05) is 16.6 Å². The molecule has 0 bridgehead atoms. The predicted octanol–water partition coefficient (Wildman–Crippen LogP) is 5.68. The van der Waals surface area contributed by atoms with Gasteiger partial charge in [-0.15, -0.1) is 11.3 Å². The van der Waals surface area contributed by atoms with Crippen LogP contribution in [0, 0.1) is 12.7 Å². The summed E-state index contributed by atoms with van der Waals surface area (Å²) in [5.74, 6) is -0.440. The first-order chi connectivity index (χ1) is 13.5. The Kier molecular flexibility index (Phi) is 6.01. The molecule has 6 heteroatoms. The van der Waals surface area contributed by atoms with E-state index in [4.69, 9.17) is 4.74 Å². The predicted molar refractivity (Wildman–Crippen MR) is 112 cm³/mol. The van der Waals surface area contributed by atoms with Gasteiger partial charge in [0.15, 0.2) is 5.82 Å². The molecule has 3 aromatic rings. The lowest BCUT2D eigenvalue weighted by molar-refractivity contribution is 0.102. The van der Waals surface area contributed by atoms with Gasteiger partial charge < -0.3 is 10.1 Å². The molecule has 142 valence electrons. The molecule has 0 aliphatic carbocycles. The maximum Gasteiger partial charge on any atom is 0.259 e. The molecule has 0 radical (unpaired) electrons. The van der Waals surface area contributed by atoms with Gasteiger partial charge in [-0.05, 0) is 48.4 Å². The molecule has 0 saturated carbocycles. The summed E-state index contributed by atoms with van der Waals surface area (Å²) in [6.07, 6.45) is 5.89. The zero-order valence-corrected chi connectivity index (χ0v) is 16.3. The van der Waals surface area contributed by atoms with E-state index in [0.717, 1.165) is 33.5 Å². The second-order valence-corrected chi connectivity index (χ2v) is 7.06. The van der Waals surface area contributed by atoms with Crippen LogP contribution in [0.3, 0.4) is 0 Å². The number of allylic oxidation sites excluding steroid dienone is 2. The van der Waals surface area contributed by atoms with Crippen molar-refractivity contribution in [3.05, 3.63) is 90.0 Å². The molecular formula is C22H19FN2O2S. The zero-order chi connectivity index (χ0) is 20.1. The SMILES string of the molecule is C=C/C=C(\OC)c1ccc(C)c(-c2ccc(NC(=O)c3ccncc3F)s2)c1. The lowest BCUT2D eigenvalue weighted by Gasteiger charge is -2.10. The van der Waals surface area contributed by atoms with Crippen LogP contribution in [-0.4, -0.2) is 18.0 Å². The van der Waals surface area contributed by atoms with E-state index in [1.54, 1.807) is 25.3 Å². The maximum atomic E-state index is 13.7. The molecule has 2 heterocycles. The molecule has 0 aliphatic rings. The summed E-state index contributed by atoms with van der Waals surface area (Å²) < 4.78 is 19.2. The highest BCUT2D eigenvalue weighted by Gasteiger charge is 2.14. The number of aryl methyl sites for hydroxylation is 1. The number of benzene rings is 1. The van der Waals surface area contributed by atoms with E-state index >= 15 is 0 Å². The summed E-state index contributed by atoms with van der Waals surface area (Å²) in [6.45, 7) is 5.73. The van der Waals surface area contributed by atoms with E-state index in [0.29, 0.717) is 5.00 Å². The number of aromatic nitrogens is 1. The van der Waals surface area contributed by atoms with Gasteiger partial charge in [-0.1, -0.05) is 24.8 Å². The number of halogens is 1. The number of amides is 1. The molecule has 0 spiro atoms. The number of thiophene rings is 1. The Bertz CT molecular complexity index is 1060. The highest BCUT2D eigenvalue weighted by molar-refractivity contribution is 7.19. The average Bonchev–Trinajstić information content (AvgIpc) is 3.15. The molecule has 0 fully saturated rings.